The minimum Gasteiger partial charge on any atom is -0.399 e. The highest BCUT2D eigenvalue weighted by Gasteiger charge is 2.29. The molecule has 0 radical (unpaired) electrons. The summed E-state index contributed by atoms with van der Waals surface area (Å²) in [6.07, 6.45) is 0.918. The standard InChI is InChI=1S/C17H18N2O/c1-12(20)19-11-10-13-4-2-3-5-16(13)17(19)14-6-8-15(18)9-7-14/h2-9,17H,10-11,18H2,1H3. The van der Waals surface area contributed by atoms with E-state index in [2.05, 4.69) is 18.2 Å². The van der Waals surface area contributed by atoms with Crippen LogP contribution >= 0.6 is 0 Å². The Hall–Kier alpha value is -2.29. The molecule has 3 heteroatoms. The number of anilines is 1. The first-order valence-electron chi connectivity index (χ1n) is 6.87. The summed E-state index contributed by atoms with van der Waals surface area (Å²) in [4.78, 5) is 13.9. The highest BCUT2D eigenvalue weighted by atomic mass is 16.2. The molecular formula is C17H18N2O. The monoisotopic (exact) mass is 266 g/mol. The number of nitrogen functional groups attached to an aromatic ring is 1. The number of nitrogens with two attached hydrogens (primary N) is 1. The van der Waals surface area contributed by atoms with Gasteiger partial charge in [0.25, 0.3) is 0 Å². The smallest absolute Gasteiger partial charge is 0.220 e. The second-order valence-electron chi connectivity index (χ2n) is 5.23. The molecule has 3 rings (SSSR count). The van der Waals surface area contributed by atoms with Gasteiger partial charge in [-0.2, -0.15) is 0 Å². The average molecular weight is 266 g/mol. The van der Waals surface area contributed by atoms with E-state index >= 15 is 0 Å². The van der Waals surface area contributed by atoms with E-state index in [0.29, 0.717) is 0 Å². The molecule has 102 valence electrons. The topological polar surface area (TPSA) is 46.3 Å². The van der Waals surface area contributed by atoms with Gasteiger partial charge in [0, 0.05) is 19.2 Å². The summed E-state index contributed by atoms with van der Waals surface area (Å²) in [5, 5.41) is 0. The van der Waals surface area contributed by atoms with E-state index in [1.165, 1.54) is 11.1 Å². The van der Waals surface area contributed by atoms with Crippen molar-refractivity contribution in [2.45, 2.75) is 19.4 Å². The molecule has 0 saturated heterocycles. The van der Waals surface area contributed by atoms with Crippen LogP contribution in [0.3, 0.4) is 0 Å². The lowest BCUT2D eigenvalue weighted by molar-refractivity contribution is -0.130. The average Bonchev–Trinajstić information content (AvgIpc) is 2.47. The van der Waals surface area contributed by atoms with Crippen LogP contribution in [0, 0.1) is 0 Å². The molecule has 0 fully saturated rings. The van der Waals surface area contributed by atoms with Crippen LogP contribution in [0.1, 0.15) is 29.7 Å². The third kappa shape index (κ3) is 2.16. The number of carbonyl (C=O) groups excluding carboxylic acids is 1. The molecule has 1 aliphatic heterocycles. The number of amides is 1. The van der Waals surface area contributed by atoms with Crippen molar-refractivity contribution in [3.63, 3.8) is 0 Å². The maximum Gasteiger partial charge on any atom is 0.220 e. The SMILES string of the molecule is CC(=O)N1CCc2ccccc2C1c1ccc(N)cc1. The fourth-order valence-electron chi connectivity index (χ4n) is 2.94. The van der Waals surface area contributed by atoms with E-state index in [0.717, 1.165) is 24.2 Å². The van der Waals surface area contributed by atoms with E-state index < -0.39 is 0 Å². The van der Waals surface area contributed by atoms with Gasteiger partial charge < -0.3 is 10.6 Å². The zero-order chi connectivity index (χ0) is 14.1. The summed E-state index contributed by atoms with van der Waals surface area (Å²) in [7, 11) is 0. The molecule has 0 aliphatic carbocycles. The molecule has 0 bridgehead atoms. The highest BCUT2D eigenvalue weighted by Crippen LogP contribution is 2.35. The fourth-order valence-corrected chi connectivity index (χ4v) is 2.94. The molecule has 1 aliphatic rings. The number of benzene rings is 2. The largest absolute Gasteiger partial charge is 0.399 e. The van der Waals surface area contributed by atoms with Crippen LogP contribution in [-0.4, -0.2) is 17.4 Å². The molecule has 1 unspecified atom stereocenters. The Kier molecular flexibility index (Phi) is 3.18. The molecule has 1 atom stereocenters. The highest BCUT2D eigenvalue weighted by molar-refractivity contribution is 5.75. The van der Waals surface area contributed by atoms with Crippen molar-refractivity contribution in [2.75, 3.05) is 12.3 Å². The number of hydrogen-bond acceptors (Lipinski definition) is 2. The number of rotatable bonds is 1. The Morgan fingerprint density at radius 3 is 2.55 bits per heavy atom. The summed E-state index contributed by atoms with van der Waals surface area (Å²) in [6, 6.07) is 16.2. The molecule has 20 heavy (non-hydrogen) atoms. The van der Waals surface area contributed by atoms with Crippen LogP contribution in [0.5, 0.6) is 0 Å². The van der Waals surface area contributed by atoms with Crippen molar-refractivity contribution in [3.8, 4) is 0 Å². The molecule has 0 saturated carbocycles. The van der Waals surface area contributed by atoms with E-state index in [4.69, 9.17) is 5.73 Å². The Labute approximate surface area is 119 Å². The first-order chi connectivity index (χ1) is 9.66. The van der Waals surface area contributed by atoms with E-state index in [1.807, 2.05) is 35.2 Å². The van der Waals surface area contributed by atoms with E-state index in [1.54, 1.807) is 6.92 Å². The van der Waals surface area contributed by atoms with Gasteiger partial charge in [0.15, 0.2) is 0 Å². The molecule has 3 nitrogen and oxygen atoms in total. The lowest BCUT2D eigenvalue weighted by atomic mass is 9.88. The number of hydrogen-bond donors (Lipinski definition) is 1. The van der Waals surface area contributed by atoms with Crippen molar-refractivity contribution >= 4 is 11.6 Å². The third-order valence-electron chi connectivity index (χ3n) is 3.94. The van der Waals surface area contributed by atoms with Crippen LogP contribution in [0.2, 0.25) is 0 Å². The lowest BCUT2D eigenvalue weighted by Crippen LogP contribution is -2.39. The van der Waals surface area contributed by atoms with Gasteiger partial charge in [-0.1, -0.05) is 36.4 Å². The van der Waals surface area contributed by atoms with Crippen LogP contribution in [-0.2, 0) is 11.2 Å². The zero-order valence-corrected chi connectivity index (χ0v) is 11.5. The summed E-state index contributed by atoms with van der Waals surface area (Å²) < 4.78 is 0. The van der Waals surface area contributed by atoms with Gasteiger partial charge in [-0.3, -0.25) is 4.79 Å². The molecule has 0 aromatic heterocycles. The van der Waals surface area contributed by atoms with Crippen molar-refractivity contribution in [3.05, 3.63) is 65.2 Å². The Bertz CT molecular complexity index is 634. The Morgan fingerprint density at radius 2 is 1.85 bits per heavy atom. The van der Waals surface area contributed by atoms with E-state index in [9.17, 15) is 4.79 Å². The van der Waals surface area contributed by atoms with Gasteiger partial charge >= 0.3 is 0 Å². The second kappa shape index (κ2) is 5.00. The van der Waals surface area contributed by atoms with Crippen molar-refractivity contribution < 1.29 is 4.79 Å². The van der Waals surface area contributed by atoms with Crippen LogP contribution < -0.4 is 5.73 Å². The molecule has 1 amide bonds. The van der Waals surface area contributed by atoms with Gasteiger partial charge in [0.2, 0.25) is 5.91 Å². The van der Waals surface area contributed by atoms with Gasteiger partial charge in [0.1, 0.15) is 0 Å². The third-order valence-corrected chi connectivity index (χ3v) is 3.94. The second-order valence-corrected chi connectivity index (χ2v) is 5.23. The molecule has 1 heterocycles. The maximum atomic E-state index is 12.0. The predicted octanol–water partition coefficient (Wildman–Crippen LogP) is 2.76. The van der Waals surface area contributed by atoms with Gasteiger partial charge in [-0.05, 0) is 35.2 Å². The zero-order valence-electron chi connectivity index (χ0n) is 11.5. The minimum absolute atomic E-state index is 0.00181. The van der Waals surface area contributed by atoms with Gasteiger partial charge in [-0.25, -0.2) is 0 Å². The maximum absolute atomic E-state index is 12.0. The van der Waals surface area contributed by atoms with Crippen LogP contribution in [0.25, 0.3) is 0 Å². The first kappa shape index (κ1) is 12.7. The molecule has 2 N–H and O–H groups in total. The molecule has 2 aromatic rings. The lowest BCUT2D eigenvalue weighted by Gasteiger charge is -2.37. The van der Waals surface area contributed by atoms with Crippen LogP contribution in [0.4, 0.5) is 5.69 Å². The van der Waals surface area contributed by atoms with Crippen molar-refractivity contribution in [1.29, 1.82) is 0 Å². The normalized spacial score (nSPS) is 17.6. The summed E-state index contributed by atoms with van der Waals surface area (Å²) >= 11 is 0. The Balaban J connectivity index is 2.11. The predicted molar refractivity (Wildman–Crippen MR) is 80.2 cm³/mol. The Morgan fingerprint density at radius 1 is 1.15 bits per heavy atom. The van der Waals surface area contributed by atoms with Crippen molar-refractivity contribution in [2.24, 2.45) is 0 Å². The molecule has 2 aromatic carbocycles. The minimum atomic E-state index is -0.00181. The van der Waals surface area contributed by atoms with Gasteiger partial charge in [0.05, 0.1) is 6.04 Å². The number of fused-ring (bicyclic) bond motifs is 1. The summed E-state index contributed by atoms with van der Waals surface area (Å²) in [6.45, 7) is 2.40. The number of nitrogens with zero attached hydrogens (tertiary/aromatic N) is 1. The quantitative estimate of drug-likeness (QED) is 0.807. The molecular weight excluding hydrogens is 248 g/mol. The first-order valence-corrected chi connectivity index (χ1v) is 6.87. The van der Waals surface area contributed by atoms with Crippen LogP contribution in [0.15, 0.2) is 48.5 Å². The summed E-state index contributed by atoms with van der Waals surface area (Å²) in [5.41, 5.74) is 10.2. The van der Waals surface area contributed by atoms with Crippen molar-refractivity contribution in [1.82, 2.24) is 4.90 Å². The van der Waals surface area contributed by atoms with Gasteiger partial charge in [-0.15, -0.1) is 0 Å². The fraction of sp³-hybridized carbons (Fsp3) is 0.235. The number of carbonyl (C=O) groups is 1. The van der Waals surface area contributed by atoms with E-state index in [-0.39, 0.29) is 11.9 Å². The molecule has 0 spiro atoms. The summed E-state index contributed by atoms with van der Waals surface area (Å²) in [5.74, 6) is 0.112.